The Morgan fingerprint density at radius 1 is 1.20 bits per heavy atom. The number of alkyl halides is 3. The van der Waals surface area contributed by atoms with E-state index in [0.29, 0.717) is 5.01 Å². The van der Waals surface area contributed by atoms with E-state index in [4.69, 9.17) is 0 Å². The SMILES string of the molecule is O=C(c1ccccc1O)N1N=C(C(F)(F)F)C[C@]1(O)c1cccnc1. The molecular formula is C16H12F3N3O3. The summed E-state index contributed by atoms with van der Waals surface area (Å²) in [5.74, 6) is -1.50. The van der Waals surface area contributed by atoms with Crippen LogP contribution in [0.25, 0.3) is 0 Å². The number of halogens is 3. The van der Waals surface area contributed by atoms with E-state index in [2.05, 4.69) is 10.1 Å². The number of aliphatic hydroxyl groups is 1. The Morgan fingerprint density at radius 3 is 2.52 bits per heavy atom. The Balaban J connectivity index is 2.10. The second-order valence-electron chi connectivity index (χ2n) is 5.41. The summed E-state index contributed by atoms with van der Waals surface area (Å²) in [7, 11) is 0. The molecule has 0 bridgehead atoms. The lowest BCUT2D eigenvalue weighted by Crippen LogP contribution is -2.43. The van der Waals surface area contributed by atoms with Gasteiger partial charge in [0.2, 0.25) is 0 Å². The number of aromatic hydroxyl groups is 1. The van der Waals surface area contributed by atoms with Gasteiger partial charge in [-0.25, -0.2) is 0 Å². The fourth-order valence-electron chi connectivity index (χ4n) is 2.51. The minimum atomic E-state index is -4.82. The van der Waals surface area contributed by atoms with Crippen LogP contribution in [-0.4, -0.2) is 38.0 Å². The smallest absolute Gasteiger partial charge is 0.431 e. The number of nitrogens with zero attached hydrogens (tertiary/aromatic N) is 3. The first-order valence-electron chi connectivity index (χ1n) is 7.13. The number of carbonyl (C=O) groups excluding carboxylic acids is 1. The quantitative estimate of drug-likeness (QED) is 0.870. The molecular weight excluding hydrogens is 339 g/mol. The van der Waals surface area contributed by atoms with Gasteiger partial charge in [-0.15, -0.1) is 0 Å². The Labute approximate surface area is 139 Å². The summed E-state index contributed by atoms with van der Waals surface area (Å²) in [5.41, 5.74) is -3.97. The molecule has 6 nitrogen and oxygen atoms in total. The molecule has 2 aromatic rings. The van der Waals surface area contributed by atoms with Crippen LogP contribution in [-0.2, 0) is 5.72 Å². The summed E-state index contributed by atoms with van der Waals surface area (Å²) in [6.45, 7) is 0. The minimum Gasteiger partial charge on any atom is -0.507 e. The molecule has 0 spiro atoms. The number of benzene rings is 1. The van der Waals surface area contributed by atoms with Crippen molar-refractivity contribution in [2.24, 2.45) is 5.10 Å². The van der Waals surface area contributed by atoms with Crippen molar-refractivity contribution in [3.05, 3.63) is 59.9 Å². The monoisotopic (exact) mass is 351 g/mol. The average Bonchev–Trinajstić information content (AvgIpc) is 2.95. The van der Waals surface area contributed by atoms with E-state index in [0.717, 1.165) is 6.20 Å². The number of hydrogen-bond acceptors (Lipinski definition) is 5. The second kappa shape index (κ2) is 5.85. The maximum absolute atomic E-state index is 13.1. The normalized spacial score (nSPS) is 20.5. The van der Waals surface area contributed by atoms with E-state index in [-0.39, 0.29) is 11.1 Å². The van der Waals surface area contributed by atoms with E-state index in [9.17, 15) is 28.2 Å². The fourth-order valence-corrected chi connectivity index (χ4v) is 2.51. The molecule has 130 valence electrons. The van der Waals surface area contributed by atoms with Crippen LogP contribution in [0.2, 0.25) is 0 Å². The molecule has 3 rings (SSSR count). The Bertz CT molecular complexity index is 839. The molecule has 9 heteroatoms. The first-order chi connectivity index (χ1) is 11.7. The van der Waals surface area contributed by atoms with Crippen LogP contribution >= 0.6 is 0 Å². The van der Waals surface area contributed by atoms with Crippen LogP contribution < -0.4 is 0 Å². The number of hydrogen-bond donors (Lipinski definition) is 2. The summed E-state index contributed by atoms with van der Waals surface area (Å²) in [5, 5.41) is 24.3. The number of phenolic OH excluding ortho intramolecular Hbond substituents is 1. The fraction of sp³-hybridized carbons (Fsp3) is 0.188. The number of carbonyl (C=O) groups is 1. The van der Waals surface area contributed by atoms with Crippen molar-refractivity contribution in [1.82, 2.24) is 9.99 Å². The maximum atomic E-state index is 13.1. The molecule has 1 aromatic heterocycles. The van der Waals surface area contributed by atoms with Gasteiger partial charge in [-0.05, 0) is 18.2 Å². The van der Waals surface area contributed by atoms with Crippen LogP contribution in [0.3, 0.4) is 0 Å². The van der Waals surface area contributed by atoms with Gasteiger partial charge in [0, 0.05) is 18.0 Å². The zero-order chi connectivity index (χ0) is 18.2. The van der Waals surface area contributed by atoms with E-state index in [1.165, 1.54) is 42.6 Å². The van der Waals surface area contributed by atoms with Crippen LogP contribution in [0.4, 0.5) is 13.2 Å². The highest BCUT2D eigenvalue weighted by Gasteiger charge is 2.53. The number of amides is 1. The number of hydrazone groups is 1. The van der Waals surface area contributed by atoms with E-state index in [1.54, 1.807) is 0 Å². The third-order valence-corrected chi connectivity index (χ3v) is 3.76. The third kappa shape index (κ3) is 2.93. The van der Waals surface area contributed by atoms with Crippen molar-refractivity contribution in [3.8, 4) is 5.75 Å². The molecule has 1 amide bonds. The molecule has 0 saturated heterocycles. The van der Waals surface area contributed by atoms with Gasteiger partial charge in [0.25, 0.3) is 5.91 Å². The zero-order valence-electron chi connectivity index (χ0n) is 12.6. The second-order valence-corrected chi connectivity index (χ2v) is 5.41. The van der Waals surface area contributed by atoms with Gasteiger partial charge in [0.15, 0.2) is 5.72 Å². The van der Waals surface area contributed by atoms with Crippen molar-refractivity contribution < 1.29 is 28.2 Å². The van der Waals surface area contributed by atoms with Crippen molar-refractivity contribution in [2.45, 2.75) is 18.3 Å². The van der Waals surface area contributed by atoms with Crippen molar-refractivity contribution in [3.63, 3.8) is 0 Å². The van der Waals surface area contributed by atoms with Gasteiger partial charge in [0.1, 0.15) is 11.5 Å². The predicted octanol–water partition coefficient (Wildman–Crippen LogP) is 2.40. The largest absolute Gasteiger partial charge is 0.507 e. The Morgan fingerprint density at radius 2 is 1.92 bits per heavy atom. The molecule has 0 aliphatic carbocycles. The zero-order valence-corrected chi connectivity index (χ0v) is 12.6. The number of pyridine rings is 1. The topological polar surface area (TPSA) is 86.0 Å². The predicted molar refractivity (Wildman–Crippen MR) is 80.5 cm³/mol. The third-order valence-electron chi connectivity index (χ3n) is 3.76. The van der Waals surface area contributed by atoms with E-state index in [1.807, 2.05) is 0 Å². The number of aromatic nitrogens is 1. The summed E-state index contributed by atoms with van der Waals surface area (Å²) in [4.78, 5) is 16.4. The average molecular weight is 351 g/mol. The van der Waals surface area contributed by atoms with Gasteiger partial charge < -0.3 is 10.2 Å². The van der Waals surface area contributed by atoms with Crippen molar-refractivity contribution in [1.29, 1.82) is 0 Å². The standard InChI is InChI=1S/C16H12F3N3O3/c17-16(18,19)13-8-15(25,10-4-3-7-20-9-10)22(21-13)14(24)11-5-1-2-6-12(11)23/h1-7,9,23,25H,8H2/t15-/m0/s1. The summed E-state index contributed by atoms with van der Waals surface area (Å²) in [6, 6.07) is 8.08. The molecule has 1 aliphatic heterocycles. The van der Waals surface area contributed by atoms with Gasteiger partial charge in [-0.3, -0.25) is 9.78 Å². The highest BCUT2D eigenvalue weighted by molar-refractivity contribution is 6.01. The van der Waals surface area contributed by atoms with Crippen molar-refractivity contribution >= 4 is 11.6 Å². The lowest BCUT2D eigenvalue weighted by Gasteiger charge is -2.31. The molecule has 0 fully saturated rings. The molecule has 0 saturated carbocycles. The lowest BCUT2D eigenvalue weighted by molar-refractivity contribution is -0.0818. The number of para-hydroxylation sites is 1. The van der Waals surface area contributed by atoms with Gasteiger partial charge in [-0.2, -0.15) is 23.3 Å². The molecule has 0 unspecified atom stereocenters. The summed E-state index contributed by atoms with van der Waals surface area (Å²) < 4.78 is 39.3. The molecule has 1 aromatic carbocycles. The molecule has 1 atom stereocenters. The molecule has 1 aliphatic rings. The van der Waals surface area contributed by atoms with E-state index < -0.39 is 35.7 Å². The summed E-state index contributed by atoms with van der Waals surface area (Å²) in [6.07, 6.45) is -3.23. The van der Waals surface area contributed by atoms with Gasteiger partial charge >= 0.3 is 6.18 Å². The molecule has 2 heterocycles. The number of phenols is 1. The summed E-state index contributed by atoms with van der Waals surface area (Å²) >= 11 is 0. The Kier molecular flexibility index (Phi) is 3.96. The van der Waals surface area contributed by atoms with Gasteiger partial charge in [0.05, 0.1) is 12.0 Å². The van der Waals surface area contributed by atoms with Crippen LogP contribution in [0.5, 0.6) is 5.75 Å². The minimum absolute atomic E-state index is 0.0261. The van der Waals surface area contributed by atoms with Crippen LogP contribution in [0.1, 0.15) is 22.3 Å². The van der Waals surface area contributed by atoms with Crippen LogP contribution in [0, 0.1) is 0 Å². The maximum Gasteiger partial charge on any atom is 0.431 e. The molecule has 2 N–H and O–H groups in total. The van der Waals surface area contributed by atoms with E-state index >= 15 is 0 Å². The highest BCUT2D eigenvalue weighted by Crippen LogP contribution is 2.40. The molecule has 0 radical (unpaired) electrons. The van der Waals surface area contributed by atoms with Crippen molar-refractivity contribution in [2.75, 3.05) is 0 Å². The molecule has 25 heavy (non-hydrogen) atoms. The van der Waals surface area contributed by atoms with Crippen LogP contribution in [0.15, 0.2) is 53.9 Å². The lowest BCUT2D eigenvalue weighted by atomic mass is 9.98. The first kappa shape index (κ1) is 16.9. The Hall–Kier alpha value is -2.94. The number of rotatable bonds is 2. The van der Waals surface area contributed by atoms with Gasteiger partial charge in [-0.1, -0.05) is 18.2 Å². The first-order valence-corrected chi connectivity index (χ1v) is 7.13. The highest BCUT2D eigenvalue weighted by atomic mass is 19.4.